The molecule has 2 aromatic carbocycles. The van der Waals surface area contributed by atoms with Gasteiger partial charge in [0.05, 0.1) is 10.9 Å². The standard InChI is InChI=1S/C26H32N2O3S/c1-2-26(20-8-5-9-21(12-20)27-32(30,31)22-10-11-22)23-15-28(16-24(23)26)17-25(29)13-18-6-3-4-7-19(18)14-25/h3-9,12,22-24,27,29H,2,10-11,13-17H2,1H3/t23-,24+,26+. The van der Waals surface area contributed by atoms with E-state index in [0.717, 1.165) is 51.7 Å². The second-order valence-electron chi connectivity index (χ2n) is 10.6. The first-order chi connectivity index (χ1) is 15.3. The molecule has 1 heterocycles. The molecule has 0 unspecified atom stereocenters. The molecule has 0 radical (unpaired) electrons. The van der Waals surface area contributed by atoms with Crippen LogP contribution in [0.2, 0.25) is 0 Å². The zero-order chi connectivity index (χ0) is 22.1. The van der Waals surface area contributed by atoms with Crippen LogP contribution in [0.4, 0.5) is 5.69 Å². The first-order valence-corrected chi connectivity index (χ1v) is 13.5. The Bertz CT molecular complexity index is 1120. The van der Waals surface area contributed by atoms with Gasteiger partial charge in [0.15, 0.2) is 0 Å². The minimum Gasteiger partial charge on any atom is -0.388 e. The van der Waals surface area contributed by atoms with Crippen LogP contribution in [0.3, 0.4) is 0 Å². The van der Waals surface area contributed by atoms with E-state index in [1.807, 2.05) is 12.1 Å². The maximum absolute atomic E-state index is 12.4. The number of hydrogen-bond acceptors (Lipinski definition) is 4. The molecule has 0 aromatic heterocycles. The number of β-amino-alcohol motifs (C(OH)–C–C–N with tert-alkyl or cyclic N) is 1. The van der Waals surface area contributed by atoms with Crippen molar-refractivity contribution in [3.63, 3.8) is 0 Å². The van der Waals surface area contributed by atoms with E-state index in [4.69, 9.17) is 0 Å². The van der Waals surface area contributed by atoms with E-state index in [2.05, 4.69) is 52.9 Å². The van der Waals surface area contributed by atoms with Gasteiger partial charge in [0.1, 0.15) is 0 Å². The van der Waals surface area contributed by atoms with Gasteiger partial charge in [0.2, 0.25) is 10.0 Å². The fraction of sp³-hybridized carbons (Fsp3) is 0.538. The number of benzene rings is 2. The van der Waals surface area contributed by atoms with Crippen molar-refractivity contribution in [1.82, 2.24) is 4.90 Å². The maximum Gasteiger partial charge on any atom is 0.235 e. The first kappa shape index (κ1) is 20.7. The molecule has 2 saturated carbocycles. The van der Waals surface area contributed by atoms with Crippen LogP contribution in [0.5, 0.6) is 0 Å². The van der Waals surface area contributed by atoms with Crippen molar-refractivity contribution >= 4 is 15.7 Å². The molecule has 6 rings (SSSR count). The topological polar surface area (TPSA) is 69.6 Å². The summed E-state index contributed by atoms with van der Waals surface area (Å²) in [5.74, 6) is 1.16. The van der Waals surface area contributed by atoms with E-state index in [1.165, 1.54) is 16.7 Å². The highest BCUT2D eigenvalue weighted by molar-refractivity contribution is 7.93. The number of anilines is 1. The largest absolute Gasteiger partial charge is 0.388 e. The van der Waals surface area contributed by atoms with Crippen molar-refractivity contribution in [2.75, 3.05) is 24.4 Å². The predicted molar refractivity (Wildman–Crippen MR) is 126 cm³/mol. The fourth-order valence-electron chi connectivity index (χ4n) is 6.80. The van der Waals surface area contributed by atoms with E-state index < -0.39 is 15.6 Å². The van der Waals surface area contributed by atoms with Crippen LogP contribution in [-0.4, -0.2) is 48.9 Å². The summed E-state index contributed by atoms with van der Waals surface area (Å²) in [6.07, 6.45) is 4.09. The molecule has 0 spiro atoms. The summed E-state index contributed by atoms with van der Waals surface area (Å²) in [6.45, 7) is 5.00. The second-order valence-corrected chi connectivity index (χ2v) is 12.5. The lowest BCUT2D eigenvalue weighted by atomic mass is 9.87. The average molecular weight is 453 g/mol. The van der Waals surface area contributed by atoms with Gasteiger partial charge in [-0.05, 0) is 59.9 Å². The van der Waals surface area contributed by atoms with Crippen molar-refractivity contribution < 1.29 is 13.5 Å². The highest BCUT2D eigenvalue weighted by Gasteiger charge is 2.67. The van der Waals surface area contributed by atoms with E-state index in [-0.39, 0.29) is 10.7 Å². The lowest BCUT2D eigenvalue weighted by Crippen LogP contribution is -2.45. The Morgan fingerprint density at radius 2 is 1.69 bits per heavy atom. The molecule has 32 heavy (non-hydrogen) atoms. The lowest BCUT2D eigenvalue weighted by molar-refractivity contribution is 0.0139. The number of rotatable bonds is 7. The highest BCUT2D eigenvalue weighted by atomic mass is 32.2. The van der Waals surface area contributed by atoms with Crippen molar-refractivity contribution in [2.24, 2.45) is 11.8 Å². The minimum absolute atomic E-state index is 0.138. The summed E-state index contributed by atoms with van der Waals surface area (Å²) in [4.78, 5) is 2.45. The van der Waals surface area contributed by atoms with E-state index >= 15 is 0 Å². The Hall–Kier alpha value is -1.89. The van der Waals surface area contributed by atoms with Crippen LogP contribution in [0.25, 0.3) is 0 Å². The molecule has 1 saturated heterocycles. The van der Waals surface area contributed by atoms with Crippen LogP contribution in [0.15, 0.2) is 48.5 Å². The quantitative estimate of drug-likeness (QED) is 0.676. The summed E-state index contributed by atoms with van der Waals surface area (Å²) >= 11 is 0. The Labute approximate surface area is 190 Å². The minimum atomic E-state index is -3.25. The number of aliphatic hydroxyl groups is 1. The molecule has 0 amide bonds. The van der Waals surface area contributed by atoms with E-state index in [1.54, 1.807) is 0 Å². The monoisotopic (exact) mass is 452 g/mol. The van der Waals surface area contributed by atoms with Gasteiger partial charge in [-0.25, -0.2) is 8.42 Å². The molecule has 2 aromatic rings. The molecule has 5 nitrogen and oxygen atoms in total. The zero-order valence-corrected chi connectivity index (χ0v) is 19.4. The second kappa shape index (κ2) is 7.05. The molecule has 3 fully saturated rings. The summed E-state index contributed by atoms with van der Waals surface area (Å²) in [5.41, 5.74) is 4.01. The number of piperidine rings is 1. The molecule has 3 aliphatic carbocycles. The van der Waals surface area contributed by atoms with Crippen LogP contribution in [-0.2, 0) is 28.3 Å². The van der Waals surface area contributed by atoms with Crippen molar-refractivity contribution in [2.45, 2.75) is 55.3 Å². The summed E-state index contributed by atoms with van der Waals surface area (Å²) in [7, 11) is -3.25. The molecule has 2 N–H and O–H groups in total. The molecule has 6 heteroatoms. The number of sulfonamides is 1. The Morgan fingerprint density at radius 1 is 1.03 bits per heavy atom. The maximum atomic E-state index is 12.4. The third-order valence-corrected chi connectivity index (χ3v) is 10.4. The van der Waals surface area contributed by atoms with Gasteiger partial charge in [0, 0.05) is 43.6 Å². The van der Waals surface area contributed by atoms with Gasteiger partial charge in [-0.1, -0.05) is 43.3 Å². The number of hydrogen-bond donors (Lipinski definition) is 2. The van der Waals surface area contributed by atoms with Crippen LogP contribution >= 0.6 is 0 Å². The molecule has 3 atom stereocenters. The Kier molecular flexibility index (Phi) is 4.56. The molecular formula is C26H32N2O3S. The van der Waals surface area contributed by atoms with Crippen molar-refractivity contribution in [3.05, 3.63) is 65.2 Å². The van der Waals surface area contributed by atoms with Crippen molar-refractivity contribution in [1.29, 1.82) is 0 Å². The SMILES string of the molecule is CC[C@]1(c2cccc(NS(=O)(=O)C3CC3)c2)[C@@H]2CN(CC3(O)Cc4ccccc4C3)C[C@@H]21. The van der Waals surface area contributed by atoms with Crippen molar-refractivity contribution in [3.8, 4) is 0 Å². The smallest absolute Gasteiger partial charge is 0.235 e. The number of fused-ring (bicyclic) bond motifs is 2. The fourth-order valence-corrected chi connectivity index (χ4v) is 8.18. The summed E-state index contributed by atoms with van der Waals surface area (Å²) in [6, 6.07) is 16.5. The number of nitrogens with zero attached hydrogens (tertiary/aromatic N) is 1. The summed E-state index contributed by atoms with van der Waals surface area (Å²) in [5, 5.41) is 11.1. The highest BCUT2D eigenvalue weighted by Crippen LogP contribution is 2.65. The molecule has 4 aliphatic rings. The van der Waals surface area contributed by atoms with Crippen LogP contribution in [0, 0.1) is 11.8 Å². The van der Waals surface area contributed by atoms with Crippen LogP contribution in [0.1, 0.15) is 42.9 Å². The third-order valence-electron chi connectivity index (χ3n) is 8.49. The molecular weight excluding hydrogens is 420 g/mol. The summed E-state index contributed by atoms with van der Waals surface area (Å²) < 4.78 is 27.6. The van der Waals surface area contributed by atoms with Gasteiger partial charge >= 0.3 is 0 Å². The Morgan fingerprint density at radius 3 is 2.28 bits per heavy atom. The van der Waals surface area contributed by atoms with E-state index in [0.29, 0.717) is 17.5 Å². The molecule has 0 bridgehead atoms. The number of nitrogens with one attached hydrogen (secondary N) is 1. The Balaban J connectivity index is 1.14. The van der Waals surface area contributed by atoms with Crippen LogP contribution < -0.4 is 4.72 Å². The zero-order valence-electron chi connectivity index (χ0n) is 18.6. The van der Waals surface area contributed by atoms with Gasteiger partial charge in [-0.2, -0.15) is 0 Å². The molecule has 170 valence electrons. The lowest BCUT2D eigenvalue weighted by Gasteiger charge is -2.32. The van der Waals surface area contributed by atoms with Gasteiger partial charge in [0.25, 0.3) is 0 Å². The average Bonchev–Trinajstić information content (AvgIpc) is 3.63. The molecule has 1 aliphatic heterocycles. The first-order valence-electron chi connectivity index (χ1n) is 12.0. The van der Waals surface area contributed by atoms with Gasteiger partial charge in [-0.15, -0.1) is 0 Å². The number of likely N-dealkylation sites (tertiary alicyclic amines) is 1. The van der Waals surface area contributed by atoms with E-state index in [9.17, 15) is 13.5 Å². The van der Waals surface area contributed by atoms with Gasteiger partial charge < -0.3 is 5.11 Å². The normalized spacial score (nSPS) is 30.7. The third kappa shape index (κ3) is 3.30. The predicted octanol–water partition coefficient (Wildman–Crippen LogP) is 3.33. The van der Waals surface area contributed by atoms with Gasteiger partial charge in [-0.3, -0.25) is 9.62 Å².